The zero-order valence-electron chi connectivity index (χ0n) is 10.3. The van der Waals surface area contributed by atoms with Crippen molar-refractivity contribution in [1.29, 1.82) is 0 Å². The van der Waals surface area contributed by atoms with Gasteiger partial charge in [0.25, 0.3) is 0 Å². The van der Waals surface area contributed by atoms with Crippen molar-refractivity contribution in [2.75, 3.05) is 12.4 Å². The van der Waals surface area contributed by atoms with Crippen molar-refractivity contribution >= 4 is 27.9 Å². The van der Waals surface area contributed by atoms with Gasteiger partial charge in [-0.2, -0.15) is 0 Å². The molecule has 0 aliphatic heterocycles. The summed E-state index contributed by atoms with van der Waals surface area (Å²) in [5.41, 5.74) is 4.84. The fourth-order valence-corrected chi connectivity index (χ4v) is 2.26. The molecule has 0 aliphatic carbocycles. The number of sulfonamides is 1. The Morgan fingerprint density at radius 3 is 2.37 bits per heavy atom. The molecular formula is C9H16N2O7S. The second kappa shape index (κ2) is 7.69. The zero-order chi connectivity index (χ0) is 15.1. The second-order valence-corrected chi connectivity index (χ2v) is 5.33. The van der Waals surface area contributed by atoms with Crippen LogP contribution in [0.4, 0.5) is 0 Å². The van der Waals surface area contributed by atoms with Crippen LogP contribution in [0.15, 0.2) is 0 Å². The van der Waals surface area contributed by atoms with Crippen LogP contribution >= 0.6 is 0 Å². The lowest BCUT2D eigenvalue weighted by Crippen LogP contribution is -2.43. The molecule has 0 aromatic carbocycles. The van der Waals surface area contributed by atoms with Gasteiger partial charge in [-0.3, -0.25) is 14.4 Å². The number of primary amides is 1. The van der Waals surface area contributed by atoms with Gasteiger partial charge >= 0.3 is 11.9 Å². The Labute approximate surface area is 110 Å². The topological polar surface area (TPSA) is 153 Å². The lowest BCUT2D eigenvalue weighted by Gasteiger charge is -2.13. The van der Waals surface area contributed by atoms with Crippen LogP contribution < -0.4 is 10.5 Å². The first-order valence-electron chi connectivity index (χ1n) is 5.34. The molecule has 0 saturated carbocycles. The van der Waals surface area contributed by atoms with Gasteiger partial charge in [-0.15, -0.1) is 0 Å². The summed E-state index contributed by atoms with van der Waals surface area (Å²) in [5, 5.41) is 8.79. The van der Waals surface area contributed by atoms with Gasteiger partial charge in [0.05, 0.1) is 6.61 Å². The predicted molar refractivity (Wildman–Crippen MR) is 63.4 cm³/mol. The van der Waals surface area contributed by atoms with Crippen molar-refractivity contribution in [2.45, 2.75) is 25.8 Å². The van der Waals surface area contributed by atoms with Crippen LogP contribution in [0.3, 0.4) is 0 Å². The van der Waals surface area contributed by atoms with E-state index in [1.165, 1.54) is 6.92 Å². The van der Waals surface area contributed by atoms with Crippen molar-refractivity contribution in [1.82, 2.24) is 4.72 Å². The van der Waals surface area contributed by atoms with Crippen LogP contribution in [-0.4, -0.2) is 49.8 Å². The van der Waals surface area contributed by atoms with Gasteiger partial charge < -0.3 is 15.6 Å². The molecule has 1 atom stereocenters. The number of carboxylic acid groups (broad SMARTS) is 1. The Morgan fingerprint density at radius 1 is 1.37 bits per heavy atom. The summed E-state index contributed by atoms with van der Waals surface area (Å²) in [6.45, 7) is 1.52. The van der Waals surface area contributed by atoms with Gasteiger partial charge in [-0.1, -0.05) is 0 Å². The van der Waals surface area contributed by atoms with Crippen LogP contribution in [-0.2, 0) is 29.1 Å². The molecule has 19 heavy (non-hydrogen) atoms. The molecule has 10 heteroatoms. The summed E-state index contributed by atoms with van der Waals surface area (Å²) in [7, 11) is -4.15. The summed E-state index contributed by atoms with van der Waals surface area (Å²) in [5.74, 6) is -4.19. The largest absolute Gasteiger partial charge is 0.480 e. The van der Waals surface area contributed by atoms with E-state index in [1.54, 1.807) is 4.72 Å². The molecule has 0 saturated heterocycles. The quantitative estimate of drug-likeness (QED) is 0.424. The van der Waals surface area contributed by atoms with Gasteiger partial charge in [0.1, 0.15) is 6.04 Å². The Balaban J connectivity index is 4.60. The fraction of sp³-hybridized carbons (Fsp3) is 0.667. The van der Waals surface area contributed by atoms with E-state index >= 15 is 0 Å². The van der Waals surface area contributed by atoms with Crippen LogP contribution in [0.2, 0.25) is 0 Å². The Bertz CT molecular complexity index is 445. The SMILES string of the molecule is CCOC(=O)CS(=O)(=O)NC(CCC(N)=O)C(=O)O. The molecule has 0 radical (unpaired) electrons. The van der Waals surface area contributed by atoms with Crippen molar-refractivity contribution in [3.63, 3.8) is 0 Å². The number of carbonyl (C=O) groups is 3. The molecule has 1 amide bonds. The predicted octanol–water partition coefficient (Wildman–Crippen LogP) is -1.81. The Kier molecular flexibility index (Phi) is 7.01. The number of carboxylic acids is 1. The summed E-state index contributed by atoms with van der Waals surface area (Å²) >= 11 is 0. The highest BCUT2D eigenvalue weighted by atomic mass is 32.2. The minimum absolute atomic E-state index is 0.0123. The van der Waals surface area contributed by atoms with Crippen LogP contribution in [0.5, 0.6) is 0 Å². The third kappa shape index (κ3) is 8.11. The maximum atomic E-state index is 11.5. The highest BCUT2D eigenvalue weighted by Gasteiger charge is 2.26. The molecule has 4 N–H and O–H groups in total. The van der Waals surface area contributed by atoms with Crippen molar-refractivity contribution in [3.8, 4) is 0 Å². The number of rotatable bonds is 9. The highest BCUT2D eigenvalue weighted by Crippen LogP contribution is 2.01. The standard InChI is InChI=1S/C9H16N2O7S/c1-2-18-8(13)5-19(16,17)11-6(9(14)15)3-4-7(10)12/h6,11H,2-5H2,1H3,(H2,10,12)(H,14,15). The van der Waals surface area contributed by atoms with Crippen LogP contribution in [0.25, 0.3) is 0 Å². The highest BCUT2D eigenvalue weighted by molar-refractivity contribution is 7.90. The minimum atomic E-state index is -4.15. The molecule has 0 heterocycles. The van der Waals surface area contributed by atoms with Gasteiger partial charge in [0.15, 0.2) is 5.75 Å². The van der Waals surface area contributed by atoms with Crippen molar-refractivity contribution in [3.05, 3.63) is 0 Å². The maximum Gasteiger partial charge on any atom is 0.322 e. The molecule has 0 rings (SSSR count). The van der Waals surface area contributed by atoms with Crippen LogP contribution in [0.1, 0.15) is 19.8 Å². The number of aliphatic carboxylic acids is 1. The van der Waals surface area contributed by atoms with Gasteiger partial charge in [0.2, 0.25) is 15.9 Å². The molecule has 0 aliphatic rings. The van der Waals surface area contributed by atoms with Gasteiger partial charge in [-0.05, 0) is 13.3 Å². The van der Waals surface area contributed by atoms with Gasteiger partial charge in [-0.25, -0.2) is 13.1 Å². The van der Waals surface area contributed by atoms with Crippen molar-refractivity contribution < 1.29 is 32.6 Å². The van der Waals surface area contributed by atoms with E-state index in [0.717, 1.165) is 0 Å². The number of ether oxygens (including phenoxy) is 1. The number of nitrogens with two attached hydrogens (primary N) is 1. The minimum Gasteiger partial charge on any atom is -0.480 e. The molecular weight excluding hydrogens is 280 g/mol. The Hall–Kier alpha value is -1.68. The molecule has 1 unspecified atom stereocenters. The average Bonchev–Trinajstić information content (AvgIpc) is 2.22. The summed E-state index contributed by atoms with van der Waals surface area (Å²) < 4.78 is 29.2. The van der Waals surface area contributed by atoms with E-state index < -0.39 is 39.7 Å². The third-order valence-electron chi connectivity index (χ3n) is 1.91. The lowest BCUT2D eigenvalue weighted by molar-refractivity contribution is -0.141. The normalized spacial score (nSPS) is 12.7. The second-order valence-electron chi connectivity index (χ2n) is 3.58. The number of hydrogen-bond donors (Lipinski definition) is 3. The number of amides is 1. The first kappa shape index (κ1) is 17.3. The first-order chi connectivity index (χ1) is 8.68. The summed E-state index contributed by atoms with van der Waals surface area (Å²) in [4.78, 5) is 32.4. The molecule has 0 spiro atoms. The fourth-order valence-electron chi connectivity index (χ4n) is 1.14. The zero-order valence-corrected chi connectivity index (χ0v) is 11.1. The van der Waals surface area contributed by atoms with E-state index in [1.807, 2.05) is 0 Å². The molecule has 0 aromatic heterocycles. The molecule has 0 bridgehead atoms. The van der Waals surface area contributed by atoms with E-state index in [0.29, 0.717) is 0 Å². The third-order valence-corrected chi connectivity index (χ3v) is 3.17. The lowest BCUT2D eigenvalue weighted by atomic mass is 10.2. The molecule has 0 fully saturated rings. The molecule has 0 aromatic rings. The average molecular weight is 296 g/mol. The number of nitrogens with one attached hydrogen (secondary N) is 1. The first-order valence-corrected chi connectivity index (χ1v) is 7.00. The maximum absolute atomic E-state index is 11.5. The van der Waals surface area contributed by atoms with E-state index in [2.05, 4.69) is 4.74 Å². The van der Waals surface area contributed by atoms with Gasteiger partial charge in [0, 0.05) is 6.42 Å². The smallest absolute Gasteiger partial charge is 0.322 e. The monoisotopic (exact) mass is 296 g/mol. The summed E-state index contributed by atoms with van der Waals surface area (Å²) in [6.07, 6.45) is -0.592. The number of carbonyl (C=O) groups excluding carboxylic acids is 2. The Morgan fingerprint density at radius 2 is 1.95 bits per heavy atom. The molecule has 9 nitrogen and oxygen atoms in total. The van der Waals surface area contributed by atoms with E-state index in [-0.39, 0.29) is 19.4 Å². The number of hydrogen-bond acceptors (Lipinski definition) is 6. The summed E-state index contributed by atoms with van der Waals surface area (Å²) in [6, 6.07) is -1.52. The number of esters is 1. The van der Waals surface area contributed by atoms with E-state index in [9.17, 15) is 22.8 Å². The van der Waals surface area contributed by atoms with Crippen molar-refractivity contribution in [2.24, 2.45) is 5.73 Å². The van der Waals surface area contributed by atoms with Crippen LogP contribution in [0, 0.1) is 0 Å². The van der Waals surface area contributed by atoms with E-state index in [4.69, 9.17) is 10.8 Å². The molecule has 110 valence electrons.